The van der Waals surface area contributed by atoms with Crippen LogP contribution in [-0.4, -0.2) is 33.2 Å². The highest BCUT2D eigenvalue weighted by Gasteiger charge is 2.18. The summed E-state index contributed by atoms with van der Waals surface area (Å²) in [6, 6.07) is 5.42. The highest BCUT2D eigenvalue weighted by Crippen LogP contribution is 2.25. The molecule has 112 valence electrons. The van der Waals surface area contributed by atoms with Crippen LogP contribution in [0, 0.1) is 6.92 Å². The van der Waals surface area contributed by atoms with Gasteiger partial charge in [-0.05, 0) is 19.1 Å². The van der Waals surface area contributed by atoms with Crippen LogP contribution in [0.1, 0.15) is 35.7 Å². The molecule has 0 aliphatic heterocycles. The number of aryl methyl sites for hydroxylation is 1. The number of nitrogens with zero attached hydrogens (tertiary/aromatic N) is 3. The third kappa shape index (κ3) is 4.07. The van der Waals surface area contributed by atoms with Gasteiger partial charge in [0.15, 0.2) is 0 Å². The quantitative estimate of drug-likeness (QED) is 0.794. The van der Waals surface area contributed by atoms with Crippen molar-refractivity contribution in [3.8, 4) is 0 Å². The Hall–Kier alpha value is -1.82. The van der Waals surface area contributed by atoms with Crippen LogP contribution in [0.3, 0.4) is 0 Å². The normalized spacial score (nSPS) is 10.9. The van der Waals surface area contributed by atoms with E-state index in [2.05, 4.69) is 24.0 Å². The lowest BCUT2D eigenvalue weighted by atomic mass is 10.2. The summed E-state index contributed by atoms with van der Waals surface area (Å²) in [6.07, 6.45) is 1.71. The van der Waals surface area contributed by atoms with Crippen molar-refractivity contribution in [3.05, 3.63) is 41.4 Å². The molecule has 21 heavy (non-hydrogen) atoms. The van der Waals surface area contributed by atoms with E-state index in [0.29, 0.717) is 17.4 Å². The summed E-state index contributed by atoms with van der Waals surface area (Å²) in [5, 5.41) is 5.05. The lowest BCUT2D eigenvalue weighted by molar-refractivity contribution is 0.0778. The molecule has 5 nitrogen and oxygen atoms in total. The zero-order valence-corrected chi connectivity index (χ0v) is 13.5. The summed E-state index contributed by atoms with van der Waals surface area (Å²) < 4.78 is 5.02. The molecular weight excluding hydrogens is 286 g/mol. The summed E-state index contributed by atoms with van der Waals surface area (Å²) in [5.74, 6) is 0.676. The van der Waals surface area contributed by atoms with Gasteiger partial charge >= 0.3 is 0 Å². The topological polar surface area (TPSA) is 59.2 Å². The van der Waals surface area contributed by atoms with E-state index in [-0.39, 0.29) is 5.91 Å². The molecule has 2 rings (SSSR count). The zero-order chi connectivity index (χ0) is 15.4. The fourth-order valence-electron chi connectivity index (χ4n) is 1.88. The van der Waals surface area contributed by atoms with Gasteiger partial charge in [-0.2, -0.15) is 0 Å². The standard InChI is InChI=1S/C15H19N3O2S/c1-10(2)21-14-13(6-5-7-16-14)15(19)18(4)9-12-8-11(3)20-17-12/h5-8,10H,9H2,1-4H3. The smallest absolute Gasteiger partial charge is 0.256 e. The van der Waals surface area contributed by atoms with Gasteiger partial charge in [-0.15, -0.1) is 11.8 Å². The number of carbonyl (C=O) groups is 1. The SMILES string of the molecule is Cc1cc(CN(C)C(=O)c2cccnc2SC(C)C)no1. The average molecular weight is 305 g/mol. The van der Waals surface area contributed by atoms with Crippen LogP contribution in [0.5, 0.6) is 0 Å². The Morgan fingerprint density at radius 3 is 2.86 bits per heavy atom. The summed E-state index contributed by atoms with van der Waals surface area (Å²) in [4.78, 5) is 18.5. The van der Waals surface area contributed by atoms with E-state index in [1.807, 2.05) is 19.1 Å². The number of carbonyl (C=O) groups excluding carboxylic acids is 1. The minimum Gasteiger partial charge on any atom is -0.361 e. The number of thioether (sulfide) groups is 1. The van der Waals surface area contributed by atoms with Gasteiger partial charge in [0, 0.05) is 24.6 Å². The zero-order valence-electron chi connectivity index (χ0n) is 12.7. The van der Waals surface area contributed by atoms with E-state index in [9.17, 15) is 4.79 Å². The molecule has 2 aromatic rings. The molecule has 2 aromatic heterocycles. The largest absolute Gasteiger partial charge is 0.361 e. The van der Waals surface area contributed by atoms with Gasteiger partial charge in [-0.3, -0.25) is 4.79 Å². The lowest BCUT2D eigenvalue weighted by Crippen LogP contribution is -2.27. The van der Waals surface area contributed by atoms with Crippen molar-refractivity contribution in [3.63, 3.8) is 0 Å². The molecule has 0 saturated carbocycles. The molecule has 0 aliphatic rings. The molecule has 0 radical (unpaired) electrons. The van der Waals surface area contributed by atoms with Gasteiger partial charge in [0.05, 0.1) is 12.1 Å². The molecule has 0 bridgehead atoms. The van der Waals surface area contributed by atoms with E-state index in [1.54, 1.807) is 36.0 Å². The molecule has 2 heterocycles. The van der Waals surface area contributed by atoms with Gasteiger partial charge in [-0.1, -0.05) is 19.0 Å². The number of hydrogen-bond acceptors (Lipinski definition) is 5. The molecular formula is C15H19N3O2S. The predicted molar refractivity (Wildman–Crippen MR) is 82.3 cm³/mol. The maximum Gasteiger partial charge on any atom is 0.256 e. The van der Waals surface area contributed by atoms with E-state index >= 15 is 0 Å². The van der Waals surface area contributed by atoms with Crippen LogP contribution in [0.25, 0.3) is 0 Å². The average Bonchev–Trinajstić information content (AvgIpc) is 2.83. The maximum atomic E-state index is 12.6. The molecule has 0 atom stereocenters. The Labute approximate surface area is 128 Å². The Bertz CT molecular complexity index is 625. The maximum absolute atomic E-state index is 12.6. The summed E-state index contributed by atoms with van der Waals surface area (Å²) in [7, 11) is 1.75. The number of rotatable bonds is 5. The highest BCUT2D eigenvalue weighted by molar-refractivity contribution is 7.99. The van der Waals surface area contributed by atoms with Crippen LogP contribution in [0.15, 0.2) is 33.9 Å². The summed E-state index contributed by atoms with van der Waals surface area (Å²) in [5.41, 5.74) is 1.37. The molecule has 1 amide bonds. The summed E-state index contributed by atoms with van der Waals surface area (Å²) in [6.45, 7) is 6.40. The molecule has 0 spiro atoms. The highest BCUT2D eigenvalue weighted by atomic mass is 32.2. The predicted octanol–water partition coefficient (Wildman–Crippen LogP) is 3.15. The molecule has 0 N–H and O–H groups in total. The van der Waals surface area contributed by atoms with E-state index in [4.69, 9.17) is 4.52 Å². The third-order valence-corrected chi connectivity index (χ3v) is 3.79. The second-order valence-corrected chi connectivity index (χ2v) is 6.68. The lowest BCUT2D eigenvalue weighted by Gasteiger charge is -2.17. The van der Waals surface area contributed by atoms with E-state index in [1.165, 1.54) is 0 Å². The molecule has 0 aliphatic carbocycles. The molecule has 0 unspecified atom stereocenters. The number of pyridine rings is 1. The monoisotopic (exact) mass is 305 g/mol. The van der Waals surface area contributed by atoms with Crippen molar-refractivity contribution in [1.82, 2.24) is 15.0 Å². The van der Waals surface area contributed by atoms with Crippen LogP contribution >= 0.6 is 11.8 Å². The number of hydrogen-bond donors (Lipinski definition) is 0. The minimum absolute atomic E-state index is 0.0631. The van der Waals surface area contributed by atoms with Gasteiger partial charge in [-0.25, -0.2) is 4.98 Å². The second-order valence-electron chi connectivity index (χ2n) is 5.11. The third-order valence-electron chi connectivity index (χ3n) is 2.77. The van der Waals surface area contributed by atoms with Crippen molar-refractivity contribution < 1.29 is 9.32 Å². The Morgan fingerprint density at radius 2 is 2.24 bits per heavy atom. The Morgan fingerprint density at radius 1 is 1.48 bits per heavy atom. The van der Waals surface area contributed by atoms with Crippen molar-refractivity contribution in [2.75, 3.05) is 7.05 Å². The van der Waals surface area contributed by atoms with Crippen LogP contribution < -0.4 is 0 Å². The molecule has 0 fully saturated rings. The first kappa shape index (κ1) is 15.6. The molecule has 6 heteroatoms. The van der Waals surface area contributed by atoms with Crippen molar-refractivity contribution in [2.24, 2.45) is 0 Å². The van der Waals surface area contributed by atoms with Gasteiger partial charge in [0.1, 0.15) is 16.5 Å². The summed E-state index contributed by atoms with van der Waals surface area (Å²) >= 11 is 1.59. The van der Waals surface area contributed by atoms with Gasteiger partial charge in [0.25, 0.3) is 5.91 Å². The second kappa shape index (κ2) is 6.76. The van der Waals surface area contributed by atoms with Gasteiger partial charge in [0.2, 0.25) is 0 Å². The van der Waals surface area contributed by atoms with Crippen LogP contribution in [0.4, 0.5) is 0 Å². The fourth-order valence-corrected chi connectivity index (χ4v) is 2.73. The first-order valence-electron chi connectivity index (χ1n) is 6.76. The number of amides is 1. The van der Waals surface area contributed by atoms with Crippen LogP contribution in [-0.2, 0) is 6.54 Å². The molecule has 0 aromatic carbocycles. The van der Waals surface area contributed by atoms with Crippen LogP contribution in [0.2, 0.25) is 0 Å². The van der Waals surface area contributed by atoms with Crippen molar-refractivity contribution in [1.29, 1.82) is 0 Å². The van der Waals surface area contributed by atoms with E-state index < -0.39 is 0 Å². The first-order chi connectivity index (χ1) is 9.97. The van der Waals surface area contributed by atoms with Gasteiger partial charge < -0.3 is 9.42 Å². The van der Waals surface area contributed by atoms with Crippen molar-refractivity contribution >= 4 is 17.7 Å². The first-order valence-corrected chi connectivity index (χ1v) is 7.64. The molecule has 0 saturated heterocycles. The fraction of sp³-hybridized carbons (Fsp3) is 0.400. The minimum atomic E-state index is -0.0631. The Balaban J connectivity index is 2.15. The number of aromatic nitrogens is 2. The Kier molecular flexibility index (Phi) is 5.01. The van der Waals surface area contributed by atoms with E-state index in [0.717, 1.165) is 16.5 Å². The van der Waals surface area contributed by atoms with Crippen molar-refractivity contribution in [2.45, 2.75) is 37.6 Å².